The quantitative estimate of drug-likeness (QED) is 0.293. The fourth-order valence-corrected chi connectivity index (χ4v) is 6.26. The molecule has 0 saturated carbocycles. The monoisotopic (exact) mass is 494 g/mol. The molecule has 2 amide bonds. The molecule has 2 aliphatic heterocycles. The number of hydrogen-bond acceptors (Lipinski definition) is 7. The Morgan fingerprint density at radius 1 is 0.800 bits per heavy atom. The zero-order valence-electron chi connectivity index (χ0n) is 18.7. The lowest BCUT2D eigenvalue weighted by Gasteiger charge is -2.35. The van der Waals surface area contributed by atoms with E-state index in [1.54, 1.807) is 24.3 Å². The van der Waals surface area contributed by atoms with E-state index in [1.165, 1.54) is 33.5 Å². The van der Waals surface area contributed by atoms with Gasteiger partial charge in [-0.1, -0.05) is 36.4 Å². The molecule has 0 aliphatic carbocycles. The molecule has 0 atom stereocenters. The highest BCUT2D eigenvalue weighted by Crippen LogP contribution is 2.30. The van der Waals surface area contributed by atoms with Crippen molar-refractivity contribution in [3.8, 4) is 0 Å². The van der Waals surface area contributed by atoms with Gasteiger partial charge in [0, 0.05) is 61.8 Å². The van der Waals surface area contributed by atoms with Crippen molar-refractivity contribution >= 4 is 38.3 Å². The highest BCUT2D eigenvalue weighted by Gasteiger charge is 2.35. The minimum atomic E-state index is -4.02. The predicted molar refractivity (Wildman–Crippen MR) is 128 cm³/mol. The molecule has 0 unspecified atom stereocenters. The molecule has 0 radical (unpaired) electrons. The summed E-state index contributed by atoms with van der Waals surface area (Å²) in [6.45, 7) is 1.63. The van der Waals surface area contributed by atoms with Crippen LogP contribution in [0.3, 0.4) is 0 Å². The minimum Gasteiger partial charge on any atom is -0.299 e. The summed E-state index contributed by atoms with van der Waals surface area (Å²) in [6.07, 6.45) is 0. The summed E-state index contributed by atoms with van der Waals surface area (Å²) < 4.78 is 27.3. The van der Waals surface area contributed by atoms with Crippen LogP contribution in [0.1, 0.15) is 20.7 Å². The van der Waals surface area contributed by atoms with Crippen LogP contribution in [0.5, 0.6) is 0 Å². The van der Waals surface area contributed by atoms with Crippen LogP contribution >= 0.6 is 0 Å². The van der Waals surface area contributed by atoms with Gasteiger partial charge in [-0.05, 0) is 23.6 Å². The summed E-state index contributed by atoms with van der Waals surface area (Å²) in [6, 6.07) is 16.1. The van der Waals surface area contributed by atoms with Crippen LogP contribution in [0.2, 0.25) is 0 Å². The predicted octanol–water partition coefficient (Wildman–Crippen LogP) is 2.35. The van der Waals surface area contributed by atoms with Crippen LogP contribution in [0.25, 0.3) is 10.8 Å². The number of para-hydroxylation sites is 1. The zero-order valence-corrected chi connectivity index (χ0v) is 19.5. The van der Waals surface area contributed by atoms with Crippen molar-refractivity contribution in [2.75, 3.05) is 39.3 Å². The molecule has 3 aromatic carbocycles. The van der Waals surface area contributed by atoms with E-state index >= 15 is 0 Å². The van der Waals surface area contributed by atoms with Crippen LogP contribution in [0.15, 0.2) is 65.6 Å². The van der Waals surface area contributed by atoms with Crippen molar-refractivity contribution in [1.82, 2.24) is 14.1 Å². The number of sulfonamides is 1. The number of nitro groups is 1. The number of hydrogen-bond donors (Lipinski definition) is 0. The summed E-state index contributed by atoms with van der Waals surface area (Å²) in [5.41, 5.74) is 0.545. The maximum absolute atomic E-state index is 13.1. The second-order valence-corrected chi connectivity index (χ2v) is 10.3. The van der Waals surface area contributed by atoms with E-state index in [0.717, 1.165) is 5.39 Å². The second kappa shape index (κ2) is 8.84. The molecule has 10 nitrogen and oxygen atoms in total. The van der Waals surface area contributed by atoms with Gasteiger partial charge in [0.2, 0.25) is 10.0 Å². The lowest BCUT2D eigenvalue weighted by Crippen LogP contribution is -2.51. The molecule has 2 aliphatic rings. The van der Waals surface area contributed by atoms with Crippen LogP contribution in [0, 0.1) is 10.1 Å². The van der Waals surface area contributed by atoms with E-state index < -0.39 is 20.6 Å². The second-order valence-electron chi connectivity index (χ2n) is 8.44. The molecule has 35 heavy (non-hydrogen) atoms. The Morgan fingerprint density at radius 2 is 1.40 bits per heavy atom. The number of amides is 2. The van der Waals surface area contributed by atoms with E-state index in [0.29, 0.717) is 36.1 Å². The van der Waals surface area contributed by atoms with Gasteiger partial charge in [-0.15, -0.1) is 0 Å². The average molecular weight is 495 g/mol. The molecule has 0 bridgehead atoms. The summed E-state index contributed by atoms with van der Waals surface area (Å²) in [4.78, 5) is 39.6. The van der Waals surface area contributed by atoms with Crippen molar-refractivity contribution in [3.05, 3.63) is 81.9 Å². The van der Waals surface area contributed by atoms with Gasteiger partial charge in [0.25, 0.3) is 17.5 Å². The van der Waals surface area contributed by atoms with Crippen LogP contribution in [-0.4, -0.2) is 78.5 Å². The number of nitrogens with zero attached hydrogens (tertiary/aromatic N) is 4. The average Bonchev–Trinajstić information content (AvgIpc) is 2.87. The summed E-state index contributed by atoms with van der Waals surface area (Å²) in [5, 5.41) is 12.8. The third kappa shape index (κ3) is 3.97. The van der Waals surface area contributed by atoms with Gasteiger partial charge in [-0.25, -0.2) is 8.42 Å². The fraction of sp³-hybridized carbons (Fsp3) is 0.250. The maximum Gasteiger partial charge on any atom is 0.289 e. The fourth-order valence-electron chi connectivity index (χ4n) is 4.68. The first-order valence-electron chi connectivity index (χ1n) is 11.1. The number of nitro benzene ring substituents is 1. The van der Waals surface area contributed by atoms with Crippen molar-refractivity contribution in [2.45, 2.75) is 4.90 Å². The van der Waals surface area contributed by atoms with Gasteiger partial charge in [-0.2, -0.15) is 4.31 Å². The third-order valence-corrected chi connectivity index (χ3v) is 8.45. The number of carbonyl (C=O) groups is 2. The number of rotatable bonds is 6. The molecule has 11 heteroatoms. The molecular weight excluding hydrogens is 472 g/mol. The van der Waals surface area contributed by atoms with Gasteiger partial charge in [0.1, 0.15) is 0 Å². The van der Waals surface area contributed by atoms with Crippen LogP contribution < -0.4 is 0 Å². The first-order chi connectivity index (χ1) is 16.8. The topological polar surface area (TPSA) is 121 Å². The molecule has 1 fully saturated rings. The lowest BCUT2D eigenvalue weighted by molar-refractivity contribution is -0.387. The summed E-state index contributed by atoms with van der Waals surface area (Å²) in [5.74, 6) is -0.672. The Bertz CT molecular complexity index is 1410. The molecule has 5 rings (SSSR count). The van der Waals surface area contributed by atoms with E-state index in [-0.39, 0.29) is 36.3 Å². The number of piperazine rings is 1. The summed E-state index contributed by atoms with van der Waals surface area (Å²) >= 11 is 0. The SMILES string of the molecule is O=C1c2cccc3cccc(c23)C(=O)N1CCN1CCN(S(=O)(=O)c2ccccc2[N+](=O)[O-])CC1. The summed E-state index contributed by atoms with van der Waals surface area (Å²) in [7, 11) is -4.02. The van der Waals surface area contributed by atoms with Gasteiger partial charge < -0.3 is 0 Å². The molecule has 0 spiro atoms. The van der Waals surface area contributed by atoms with Gasteiger partial charge in [-0.3, -0.25) is 29.5 Å². The van der Waals surface area contributed by atoms with Crippen molar-refractivity contribution in [2.24, 2.45) is 0 Å². The van der Waals surface area contributed by atoms with Crippen LogP contribution in [-0.2, 0) is 10.0 Å². The number of imide groups is 1. The van der Waals surface area contributed by atoms with Gasteiger partial charge in [0.05, 0.1) is 4.92 Å². The molecular formula is C24H22N4O6S. The molecule has 0 aromatic heterocycles. The van der Waals surface area contributed by atoms with E-state index in [2.05, 4.69) is 0 Å². The molecule has 180 valence electrons. The Labute approximate surface area is 201 Å². The zero-order chi connectivity index (χ0) is 24.7. The number of carbonyl (C=O) groups excluding carboxylic acids is 2. The number of benzene rings is 3. The Hall–Kier alpha value is -3.67. The lowest BCUT2D eigenvalue weighted by atomic mass is 9.94. The highest BCUT2D eigenvalue weighted by molar-refractivity contribution is 7.89. The van der Waals surface area contributed by atoms with Crippen molar-refractivity contribution < 1.29 is 22.9 Å². The van der Waals surface area contributed by atoms with Crippen LogP contribution in [0.4, 0.5) is 5.69 Å². The Balaban J connectivity index is 1.26. The standard InChI is InChI=1S/C24H22N4O6S/c29-23-18-7-3-5-17-6-4-8-19(22(17)18)24(30)27(23)16-13-25-11-14-26(15-12-25)35(33,34)21-10-2-1-9-20(21)28(31)32/h1-10H,11-16H2. The van der Waals surface area contributed by atoms with E-state index in [1.807, 2.05) is 17.0 Å². The van der Waals surface area contributed by atoms with E-state index in [9.17, 15) is 28.1 Å². The first kappa shape index (κ1) is 23.1. The smallest absolute Gasteiger partial charge is 0.289 e. The largest absolute Gasteiger partial charge is 0.299 e. The molecule has 2 heterocycles. The molecule has 3 aromatic rings. The minimum absolute atomic E-state index is 0.151. The third-order valence-electron chi connectivity index (χ3n) is 6.51. The molecule has 0 N–H and O–H groups in total. The first-order valence-corrected chi connectivity index (χ1v) is 12.6. The highest BCUT2D eigenvalue weighted by atomic mass is 32.2. The molecule has 1 saturated heterocycles. The maximum atomic E-state index is 13.1. The van der Waals surface area contributed by atoms with Gasteiger partial charge >= 0.3 is 0 Å². The van der Waals surface area contributed by atoms with Gasteiger partial charge in [0.15, 0.2) is 4.90 Å². The van der Waals surface area contributed by atoms with E-state index in [4.69, 9.17) is 0 Å². The Kier molecular flexibility index (Phi) is 5.83. The van der Waals surface area contributed by atoms with Crippen molar-refractivity contribution in [1.29, 1.82) is 0 Å². The van der Waals surface area contributed by atoms with Crippen molar-refractivity contribution in [3.63, 3.8) is 0 Å². The normalized spacial score (nSPS) is 17.2. The Morgan fingerprint density at radius 3 is 2.00 bits per heavy atom.